The van der Waals surface area contributed by atoms with Gasteiger partial charge in [0.1, 0.15) is 24.7 Å². The van der Waals surface area contributed by atoms with Crippen LogP contribution in [-0.2, 0) is 11.2 Å². The fraction of sp³-hybridized carbons (Fsp3) is 0.231. The van der Waals surface area contributed by atoms with Crippen molar-refractivity contribution in [2.45, 2.75) is 12.5 Å². The Bertz CT molecular complexity index is 1130. The molecule has 0 unspecified atom stereocenters. The van der Waals surface area contributed by atoms with Gasteiger partial charge < -0.3 is 14.5 Å². The molecule has 0 saturated carbocycles. The monoisotopic (exact) mass is 464 g/mol. The van der Waals surface area contributed by atoms with Crippen LogP contribution in [0, 0.1) is 5.82 Å². The third kappa shape index (κ3) is 5.31. The molecule has 33 heavy (non-hydrogen) atoms. The number of hydrogen-bond acceptors (Lipinski definition) is 4. The van der Waals surface area contributed by atoms with Crippen LogP contribution in [-0.4, -0.2) is 47.9 Å². The first-order valence-electron chi connectivity index (χ1n) is 10.8. The molecule has 0 spiro atoms. The van der Waals surface area contributed by atoms with Crippen molar-refractivity contribution >= 4 is 23.2 Å². The highest BCUT2D eigenvalue weighted by Gasteiger charge is 2.33. The number of ether oxygens (including phenoxy) is 1. The van der Waals surface area contributed by atoms with Crippen LogP contribution in [0.5, 0.6) is 5.75 Å². The molecule has 5 nitrogen and oxygen atoms in total. The summed E-state index contributed by atoms with van der Waals surface area (Å²) >= 11 is 1.68. The van der Waals surface area contributed by atoms with Gasteiger partial charge in [0.05, 0.1) is 6.04 Å². The fourth-order valence-corrected chi connectivity index (χ4v) is 4.93. The Labute approximate surface area is 196 Å². The average molecular weight is 465 g/mol. The fourth-order valence-electron chi connectivity index (χ4n) is 4.00. The van der Waals surface area contributed by atoms with E-state index in [1.165, 1.54) is 28.0 Å². The molecule has 2 amide bonds. The molecule has 4 rings (SSSR count). The number of para-hydroxylation sites is 1. The molecule has 170 valence electrons. The van der Waals surface area contributed by atoms with Crippen molar-refractivity contribution in [3.63, 3.8) is 0 Å². The Morgan fingerprint density at radius 1 is 1.18 bits per heavy atom. The maximum atomic E-state index is 13.6. The lowest BCUT2D eigenvalue weighted by atomic mass is 10.0. The van der Waals surface area contributed by atoms with E-state index in [9.17, 15) is 14.0 Å². The topological polar surface area (TPSA) is 49.9 Å². The lowest BCUT2D eigenvalue weighted by Crippen LogP contribution is -2.47. The minimum Gasteiger partial charge on any atom is -0.491 e. The standard InChI is InChI=1S/C26H25FN2O3S/c1-2-13-28(26(31)19-7-6-8-20(27)16-19)17-25(30)29-14-11-24-22(12-15-33-24)23(29)18-32-21-9-4-3-5-10-21/h2-10,12,15-16,23H,1,11,13-14,17-18H2/t23-/m0/s1. The summed E-state index contributed by atoms with van der Waals surface area (Å²) in [6.45, 7) is 4.63. The van der Waals surface area contributed by atoms with Gasteiger partial charge in [-0.1, -0.05) is 30.3 Å². The zero-order valence-electron chi connectivity index (χ0n) is 18.2. The highest BCUT2D eigenvalue weighted by molar-refractivity contribution is 7.10. The largest absolute Gasteiger partial charge is 0.491 e. The van der Waals surface area contributed by atoms with Gasteiger partial charge in [-0.25, -0.2) is 4.39 Å². The summed E-state index contributed by atoms with van der Waals surface area (Å²) in [7, 11) is 0. The molecule has 2 aromatic carbocycles. The van der Waals surface area contributed by atoms with Gasteiger partial charge in [-0.3, -0.25) is 9.59 Å². The van der Waals surface area contributed by atoms with Gasteiger partial charge in [-0.15, -0.1) is 17.9 Å². The van der Waals surface area contributed by atoms with Crippen LogP contribution < -0.4 is 4.74 Å². The van der Waals surface area contributed by atoms with Gasteiger partial charge in [0.25, 0.3) is 5.91 Å². The molecule has 1 aliphatic heterocycles. The predicted octanol–water partition coefficient (Wildman–Crippen LogP) is 4.72. The summed E-state index contributed by atoms with van der Waals surface area (Å²) in [6, 6.07) is 16.8. The molecule has 0 N–H and O–H groups in total. The smallest absolute Gasteiger partial charge is 0.254 e. The summed E-state index contributed by atoms with van der Waals surface area (Å²) in [5.74, 6) is -0.347. The summed E-state index contributed by atoms with van der Waals surface area (Å²) in [5.41, 5.74) is 1.29. The number of halogens is 1. The van der Waals surface area contributed by atoms with Crippen LogP contribution in [0.3, 0.4) is 0 Å². The average Bonchev–Trinajstić information content (AvgIpc) is 3.31. The third-order valence-corrected chi connectivity index (χ3v) is 6.60. The van der Waals surface area contributed by atoms with Crippen molar-refractivity contribution < 1.29 is 18.7 Å². The van der Waals surface area contributed by atoms with E-state index in [0.29, 0.717) is 13.2 Å². The van der Waals surface area contributed by atoms with Crippen LogP contribution in [0.25, 0.3) is 0 Å². The second kappa shape index (κ2) is 10.4. The molecule has 1 aromatic heterocycles. The summed E-state index contributed by atoms with van der Waals surface area (Å²) in [6.07, 6.45) is 2.33. The van der Waals surface area contributed by atoms with Crippen molar-refractivity contribution in [2.24, 2.45) is 0 Å². The van der Waals surface area contributed by atoms with Crippen molar-refractivity contribution in [3.8, 4) is 5.75 Å². The van der Waals surface area contributed by atoms with Gasteiger partial charge in [0.15, 0.2) is 0 Å². The lowest BCUT2D eigenvalue weighted by Gasteiger charge is -2.37. The summed E-state index contributed by atoms with van der Waals surface area (Å²) in [4.78, 5) is 30.8. The van der Waals surface area contributed by atoms with Gasteiger partial charge in [-0.05, 0) is 53.8 Å². The Morgan fingerprint density at radius 3 is 2.76 bits per heavy atom. The number of thiophene rings is 1. The lowest BCUT2D eigenvalue weighted by molar-refractivity contribution is -0.135. The number of hydrogen-bond donors (Lipinski definition) is 0. The SMILES string of the molecule is C=CCN(CC(=O)N1CCc2sccc2[C@@H]1COc1ccccc1)C(=O)c1cccc(F)c1. The maximum Gasteiger partial charge on any atom is 0.254 e. The van der Waals surface area contributed by atoms with E-state index in [4.69, 9.17) is 4.74 Å². The van der Waals surface area contributed by atoms with Crippen LogP contribution in [0.2, 0.25) is 0 Å². The molecule has 0 radical (unpaired) electrons. The van der Waals surface area contributed by atoms with Crippen molar-refractivity contribution in [1.82, 2.24) is 9.80 Å². The van der Waals surface area contributed by atoms with E-state index < -0.39 is 11.7 Å². The van der Waals surface area contributed by atoms with Crippen molar-refractivity contribution in [2.75, 3.05) is 26.2 Å². The first-order chi connectivity index (χ1) is 16.1. The highest BCUT2D eigenvalue weighted by atomic mass is 32.1. The van der Waals surface area contributed by atoms with Crippen molar-refractivity contribution in [3.05, 3.63) is 101 Å². The first-order valence-corrected chi connectivity index (χ1v) is 11.6. The van der Waals surface area contributed by atoms with E-state index >= 15 is 0 Å². The van der Waals surface area contributed by atoms with E-state index in [1.807, 2.05) is 41.8 Å². The van der Waals surface area contributed by atoms with Gasteiger partial charge >= 0.3 is 0 Å². The molecule has 3 aromatic rings. The van der Waals surface area contributed by atoms with Gasteiger partial charge in [-0.2, -0.15) is 0 Å². The van der Waals surface area contributed by atoms with Crippen LogP contribution in [0.15, 0.2) is 78.7 Å². The zero-order chi connectivity index (χ0) is 23.2. The quantitative estimate of drug-likeness (QED) is 0.453. The second-order valence-electron chi connectivity index (χ2n) is 7.76. The number of rotatable bonds is 8. The molecule has 0 aliphatic carbocycles. The molecule has 2 heterocycles. The molecule has 0 fully saturated rings. The minimum atomic E-state index is -0.495. The number of amides is 2. The maximum absolute atomic E-state index is 13.6. The van der Waals surface area contributed by atoms with Gasteiger partial charge in [0, 0.05) is 23.5 Å². The molecule has 1 atom stereocenters. The number of nitrogens with zero attached hydrogens (tertiary/aromatic N) is 2. The third-order valence-electron chi connectivity index (χ3n) is 5.60. The van der Waals surface area contributed by atoms with Crippen LogP contribution in [0.1, 0.15) is 26.8 Å². The van der Waals surface area contributed by atoms with Crippen LogP contribution >= 0.6 is 11.3 Å². The Balaban J connectivity index is 1.52. The number of carbonyl (C=O) groups excluding carboxylic acids is 2. The number of carbonyl (C=O) groups is 2. The number of benzene rings is 2. The van der Waals surface area contributed by atoms with Crippen LogP contribution in [0.4, 0.5) is 4.39 Å². The Kier molecular flexibility index (Phi) is 7.19. The zero-order valence-corrected chi connectivity index (χ0v) is 19.0. The van der Waals surface area contributed by atoms with E-state index in [1.54, 1.807) is 28.4 Å². The molecule has 7 heteroatoms. The Hall–Kier alpha value is -3.45. The highest BCUT2D eigenvalue weighted by Crippen LogP contribution is 2.34. The predicted molar refractivity (Wildman–Crippen MR) is 127 cm³/mol. The molecule has 0 bridgehead atoms. The number of fused-ring (bicyclic) bond motifs is 1. The first kappa shape index (κ1) is 22.7. The normalized spacial score (nSPS) is 14.9. The summed E-state index contributed by atoms with van der Waals surface area (Å²) < 4.78 is 19.6. The van der Waals surface area contributed by atoms with E-state index in [0.717, 1.165) is 17.7 Å². The molecule has 1 aliphatic rings. The van der Waals surface area contributed by atoms with E-state index in [-0.39, 0.29) is 30.6 Å². The Morgan fingerprint density at radius 2 is 2.00 bits per heavy atom. The minimum absolute atomic E-state index is 0.122. The summed E-state index contributed by atoms with van der Waals surface area (Å²) in [5, 5.41) is 2.03. The molecular weight excluding hydrogens is 439 g/mol. The van der Waals surface area contributed by atoms with Crippen molar-refractivity contribution in [1.29, 1.82) is 0 Å². The van der Waals surface area contributed by atoms with Gasteiger partial charge in [0.2, 0.25) is 5.91 Å². The molecule has 0 saturated heterocycles. The molecular formula is C26H25FN2O3S. The van der Waals surface area contributed by atoms with E-state index in [2.05, 4.69) is 6.58 Å². The second-order valence-corrected chi connectivity index (χ2v) is 8.76.